The summed E-state index contributed by atoms with van der Waals surface area (Å²) in [5.41, 5.74) is 10.6. The van der Waals surface area contributed by atoms with Crippen LogP contribution in [0.4, 0.5) is 0 Å². The molecule has 6 aromatic carbocycles. The van der Waals surface area contributed by atoms with Crippen LogP contribution in [0.2, 0.25) is 0 Å². The van der Waals surface area contributed by atoms with Gasteiger partial charge in [0.15, 0.2) is 0 Å². The fourth-order valence-corrected chi connectivity index (χ4v) is 7.95. The highest BCUT2D eigenvalue weighted by Crippen LogP contribution is 2.49. The third kappa shape index (κ3) is 2.95. The number of rotatable bonds is 2. The zero-order chi connectivity index (χ0) is 25.5. The van der Waals surface area contributed by atoms with Crippen LogP contribution < -0.4 is 0 Å². The second-order valence-electron chi connectivity index (χ2n) is 10.5. The van der Waals surface area contributed by atoms with Crippen molar-refractivity contribution in [2.45, 2.75) is 5.92 Å². The summed E-state index contributed by atoms with van der Waals surface area (Å²) >= 11 is 1.90. The standard InChI is InChI=1S/C37H23NS/c1-3-13-30-25(9-1)26-10-2-4-14-31(26)37(30)23-17-19-29-32-22-24(18-20-35(32)39-36(29)21-23)38-33-15-7-5-11-27(33)28-12-6-8-16-34(28)38/h1-22,37H. The quantitative estimate of drug-likeness (QED) is 0.217. The average molecular weight is 514 g/mol. The molecule has 1 nitrogen and oxygen atoms in total. The van der Waals surface area contributed by atoms with Crippen molar-refractivity contribution in [3.8, 4) is 16.8 Å². The molecule has 182 valence electrons. The van der Waals surface area contributed by atoms with Gasteiger partial charge in [0.25, 0.3) is 0 Å². The zero-order valence-electron chi connectivity index (χ0n) is 21.1. The Hall–Kier alpha value is -4.66. The molecule has 0 atom stereocenters. The summed E-state index contributed by atoms with van der Waals surface area (Å²) in [5, 5.41) is 5.25. The van der Waals surface area contributed by atoms with Gasteiger partial charge in [-0.1, -0.05) is 97.1 Å². The predicted molar refractivity (Wildman–Crippen MR) is 166 cm³/mol. The first-order valence-corrected chi connectivity index (χ1v) is 14.3. The molecule has 0 saturated carbocycles. The highest BCUT2D eigenvalue weighted by Gasteiger charge is 2.29. The van der Waals surface area contributed by atoms with Crippen molar-refractivity contribution in [3.05, 3.63) is 150 Å². The van der Waals surface area contributed by atoms with Crippen LogP contribution in [0.25, 0.3) is 58.8 Å². The fourth-order valence-electron chi connectivity index (χ4n) is 6.82. The number of para-hydroxylation sites is 2. The first-order chi connectivity index (χ1) is 19.3. The van der Waals surface area contributed by atoms with Gasteiger partial charge in [-0.2, -0.15) is 0 Å². The van der Waals surface area contributed by atoms with E-state index < -0.39 is 0 Å². The van der Waals surface area contributed by atoms with Gasteiger partial charge in [-0.05, 0) is 64.2 Å². The molecule has 1 aliphatic carbocycles. The Kier molecular flexibility index (Phi) is 4.33. The summed E-state index contributed by atoms with van der Waals surface area (Å²) in [6, 6.07) is 49.3. The molecule has 0 amide bonds. The molecule has 1 aliphatic rings. The van der Waals surface area contributed by atoms with E-state index in [9.17, 15) is 0 Å². The largest absolute Gasteiger partial charge is 0.309 e. The molecule has 0 unspecified atom stereocenters. The molecule has 0 radical (unpaired) electrons. The van der Waals surface area contributed by atoms with Crippen LogP contribution >= 0.6 is 11.3 Å². The smallest absolute Gasteiger partial charge is 0.0541 e. The molecule has 2 aromatic heterocycles. The Labute approximate surface area is 230 Å². The summed E-state index contributed by atoms with van der Waals surface area (Å²) < 4.78 is 5.09. The number of fused-ring (bicyclic) bond motifs is 9. The number of hydrogen-bond acceptors (Lipinski definition) is 1. The third-order valence-corrected chi connectivity index (χ3v) is 9.62. The molecule has 0 spiro atoms. The van der Waals surface area contributed by atoms with Gasteiger partial charge >= 0.3 is 0 Å². The van der Waals surface area contributed by atoms with Crippen molar-refractivity contribution < 1.29 is 0 Å². The molecule has 0 bridgehead atoms. The minimum Gasteiger partial charge on any atom is -0.309 e. The van der Waals surface area contributed by atoms with Crippen LogP contribution in [0.5, 0.6) is 0 Å². The summed E-state index contributed by atoms with van der Waals surface area (Å²) in [7, 11) is 0. The Morgan fingerprint density at radius 1 is 0.462 bits per heavy atom. The van der Waals surface area contributed by atoms with Gasteiger partial charge < -0.3 is 4.57 Å². The molecule has 2 heteroatoms. The Morgan fingerprint density at radius 2 is 1.08 bits per heavy atom. The van der Waals surface area contributed by atoms with Crippen LogP contribution in [0, 0.1) is 0 Å². The lowest BCUT2D eigenvalue weighted by Crippen LogP contribution is -1.98. The third-order valence-electron chi connectivity index (χ3n) is 8.48. The first-order valence-electron chi connectivity index (χ1n) is 13.5. The molecule has 8 aromatic rings. The molecule has 0 N–H and O–H groups in total. The molecule has 39 heavy (non-hydrogen) atoms. The van der Waals surface area contributed by atoms with E-state index in [1.165, 1.54) is 75.5 Å². The van der Waals surface area contributed by atoms with Gasteiger partial charge in [-0.3, -0.25) is 0 Å². The molecule has 2 heterocycles. The Balaban J connectivity index is 1.24. The normalized spacial score (nSPS) is 13.0. The molecule has 0 aliphatic heterocycles. The van der Waals surface area contributed by atoms with E-state index in [0.29, 0.717) is 0 Å². The van der Waals surface area contributed by atoms with E-state index in [1.54, 1.807) is 0 Å². The van der Waals surface area contributed by atoms with Crippen molar-refractivity contribution in [2.24, 2.45) is 0 Å². The lowest BCUT2D eigenvalue weighted by Gasteiger charge is -2.14. The van der Waals surface area contributed by atoms with Crippen molar-refractivity contribution >= 4 is 53.3 Å². The van der Waals surface area contributed by atoms with E-state index in [0.717, 1.165) is 0 Å². The van der Waals surface area contributed by atoms with Crippen molar-refractivity contribution in [1.82, 2.24) is 4.57 Å². The number of benzene rings is 6. The minimum atomic E-state index is 0.278. The molecular formula is C37H23NS. The molecule has 9 rings (SSSR count). The maximum absolute atomic E-state index is 2.43. The van der Waals surface area contributed by atoms with Crippen LogP contribution in [0.3, 0.4) is 0 Å². The van der Waals surface area contributed by atoms with Crippen molar-refractivity contribution in [3.63, 3.8) is 0 Å². The maximum Gasteiger partial charge on any atom is 0.0541 e. The van der Waals surface area contributed by atoms with Gasteiger partial charge in [0.2, 0.25) is 0 Å². The van der Waals surface area contributed by atoms with Gasteiger partial charge in [0.1, 0.15) is 0 Å². The van der Waals surface area contributed by atoms with Gasteiger partial charge in [0, 0.05) is 42.6 Å². The summed E-state index contributed by atoms with van der Waals surface area (Å²) in [5.74, 6) is 0.278. The SMILES string of the molecule is c1ccc2c(c1)-c1ccccc1C2c1ccc2c(c1)sc1ccc(-n3c4ccccc4c4ccccc43)cc12. The fraction of sp³-hybridized carbons (Fsp3) is 0.0270. The topological polar surface area (TPSA) is 4.93 Å². The van der Waals surface area contributed by atoms with Crippen LogP contribution in [-0.4, -0.2) is 4.57 Å². The van der Waals surface area contributed by atoms with Gasteiger partial charge in [0.05, 0.1) is 11.0 Å². The van der Waals surface area contributed by atoms with E-state index in [2.05, 4.69) is 138 Å². The van der Waals surface area contributed by atoms with Crippen LogP contribution in [0.15, 0.2) is 133 Å². The van der Waals surface area contributed by atoms with Gasteiger partial charge in [-0.15, -0.1) is 11.3 Å². The van der Waals surface area contributed by atoms with Gasteiger partial charge in [-0.25, -0.2) is 0 Å². The highest BCUT2D eigenvalue weighted by molar-refractivity contribution is 7.25. The Bertz CT molecular complexity index is 2150. The van der Waals surface area contributed by atoms with Crippen molar-refractivity contribution in [2.75, 3.05) is 0 Å². The highest BCUT2D eigenvalue weighted by atomic mass is 32.1. The number of thiophene rings is 1. The molecule has 0 fully saturated rings. The van der Waals surface area contributed by atoms with Crippen LogP contribution in [0.1, 0.15) is 22.6 Å². The average Bonchev–Trinajstić information content (AvgIpc) is 3.64. The predicted octanol–water partition coefficient (Wildman–Crippen LogP) is 10.3. The number of nitrogens with zero attached hydrogens (tertiary/aromatic N) is 1. The Morgan fingerprint density at radius 3 is 1.77 bits per heavy atom. The number of hydrogen-bond donors (Lipinski definition) is 0. The zero-order valence-corrected chi connectivity index (χ0v) is 22.0. The summed E-state index contributed by atoms with van der Waals surface area (Å²) in [4.78, 5) is 0. The second kappa shape index (κ2) is 7.92. The molecular weight excluding hydrogens is 490 g/mol. The maximum atomic E-state index is 2.43. The van der Waals surface area contributed by atoms with E-state index in [4.69, 9.17) is 0 Å². The minimum absolute atomic E-state index is 0.278. The summed E-state index contributed by atoms with van der Waals surface area (Å²) in [6.07, 6.45) is 0. The van der Waals surface area contributed by atoms with E-state index in [-0.39, 0.29) is 5.92 Å². The van der Waals surface area contributed by atoms with Crippen molar-refractivity contribution in [1.29, 1.82) is 0 Å². The number of aromatic nitrogens is 1. The lowest BCUT2D eigenvalue weighted by molar-refractivity contribution is 1.02. The summed E-state index contributed by atoms with van der Waals surface area (Å²) in [6.45, 7) is 0. The monoisotopic (exact) mass is 513 g/mol. The van der Waals surface area contributed by atoms with Crippen LogP contribution in [-0.2, 0) is 0 Å². The molecule has 0 saturated heterocycles. The van der Waals surface area contributed by atoms with E-state index >= 15 is 0 Å². The second-order valence-corrected chi connectivity index (χ2v) is 11.6. The van der Waals surface area contributed by atoms with E-state index in [1.807, 2.05) is 11.3 Å². The first kappa shape index (κ1) is 21.3. The lowest BCUT2D eigenvalue weighted by atomic mass is 9.89.